The third-order valence-corrected chi connectivity index (χ3v) is 7.50. The van der Waals surface area contributed by atoms with E-state index in [0.29, 0.717) is 30.7 Å². The van der Waals surface area contributed by atoms with Crippen molar-refractivity contribution < 1.29 is 93.1 Å². The molecule has 226 valence electrons. The van der Waals surface area contributed by atoms with Gasteiger partial charge >= 0.3 is 0 Å². The number of hydrogen-bond acceptors (Lipinski definition) is 5. The van der Waals surface area contributed by atoms with Gasteiger partial charge in [0.25, 0.3) is 0 Å². The standard InChI is InChI=1S/C23H56N4O5.4ClH/c1-6-7-24(2,14-19-28)8-9-25(3,15-20-29)10-11-26(4,16-21-30)12-13-27(5,17-22-31)18-23-32;;;;/h28-32H,6-23H2,1-5H3;4*1H/q+4;;;;/p-4. The molecule has 3 atom stereocenters. The highest BCUT2D eigenvalue weighted by Gasteiger charge is 2.33. The fourth-order valence-corrected chi connectivity index (χ4v) is 4.54. The molecule has 0 spiro atoms. The average molecular weight is 611 g/mol. The maximum absolute atomic E-state index is 9.74. The van der Waals surface area contributed by atoms with Gasteiger partial charge in [0.15, 0.2) is 0 Å². The Morgan fingerprint density at radius 1 is 0.333 bits per heavy atom. The second kappa shape index (κ2) is 23.7. The molecule has 0 amide bonds. The monoisotopic (exact) mass is 608 g/mol. The van der Waals surface area contributed by atoms with Crippen molar-refractivity contribution in [3.8, 4) is 0 Å². The summed E-state index contributed by atoms with van der Waals surface area (Å²) in [7, 11) is 8.64. The van der Waals surface area contributed by atoms with Gasteiger partial charge in [-0.15, -0.1) is 0 Å². The number of quaternary nitrogens is 4. The zero-order valence-corrected chi connectivity index (χ0v) is 26.3. The smallest absolute Gasteiger partial charge is 0.129 e. The van der Waals surface area contributed by atoms with Crippen LogP contribution in [-0.2, 0) is 0 Å². The van der Waals surface area contributed by atoms with Crippen LogP contribution in [0.5, 0.6) is 0 Å². The minimum Gasteiger partial charge on any atom is -1.00 e. The zero-order chi connectivity index (χ0) is 24.7. The lowest BCUT2D eigenvalue weighted by Gasteiger charge is -2.43. The van der Waals surface area contributed by atoms with Crippen LogP contribution in [0, 0.1) is 0 Å². The lowest BCUT2D eigenvalue weighted by molar-refractivity contribution is -0.995. The Bertz CT molecular complexity index is 449. The highest BCUT2D eigenvalue weighted by atomic mass is 35.5. The molecule has 3 unspecified atom stereocenters. The van der Waals surface area contributed by atoms with E-state index in [9.17, 15) is 25.5 Å². The second-order valence-corrected chi connectivity index (χ2v) is 10.8. The lowest BCUT2D eigenvalue weighted by Crippen LogP contribution is -3.00. The highest BCUT2D eigenvalue weighted by Crippen LogP contribution is 2.13. The Labute approximate surface area is 245 Å². The molecule has 0 rings (SSSR count). The summed E-state index contributed by atoms with van der Waals surface area (Å²) in [5, 5.41) is 47.9. The van der Waals surface area contributed by atoms with E-state index < -0.39 is 0 Å². The molecule has 0 bridgehead atoms. The van der Waals surface area contributed by atoms with Gasteiger partial charge < -0.3 is 93.1 Å². The van der Waals surface area contributed by atoms with Crippen molar-refractivity contribution in [2.45, 2.75) is 13.3 Å². The molecule has 0 aliphatic heterocycles. The molecule has 0 aromatic carbocycles. The van der Waals surface area contributed by atoms with Crippen LogP contribution < -0.4 is 49.6 Å². The zero-order valence-electron chi connectivity index (χ0n) is 23.3. The maximum Gasteiger partial charge on any atom is 0.129 e. The Morgan fingerprint density at radius 2 is 0.500 bits per heavy atom. The SMILES string of the molecule is CCC[N+](C)(CCO)CC[N+](C)(CCO)CC[N+](C)(CCO)CC[N+](C)(CCO)CCO.[Cl-].[Cl-].[Cl-].[Cl-]. The Kier molecular flexibility index (Phi) is 30.7. The van der Waals surface area contributed by atoms with Gasteiger partial charge in [0.05, 0.1) is 67.8 Å². The first-order valence-corrected chi connectivity index (χ1v) is 12.4. The summed E-state index contributed by atoms with van der Waals surface area (Å²) < 4.78 is 2.94. The minimum absolute atomic E-state index is 0. The molecular formula is C23H56Cl4N4O5. The van der Waals surface area contributed by atoms with Gasteiger partial charge in [-0.05, 0) is 6.42 Å². The third-order valence-electron chi connectivity index (χ3n) is 7.50. The number of aliphatic hydroxyl groups is 5. The lowest BCUT2D eigenvalue weighted by atomic mass is 10.2. The number of aliphatic hydroxyl groups excluding tert-OH is 5. The summed E-state index contributed by atoms with van der Waals surface area (Å²) in [4.78, 5) is 0. The molecule has 13 heteroatoms. The van der Waals surface area contributed by atoms with Gasteiger partial charge in [0.1, 0.15) is 72.0 Å². The first-order valence-electron chi connectivity index (χ1n) is 12.4. The van der Waals surface area contributed by atoms with Crippen LogP contribution in [0.4, 0.5) is 0 Å². The fraction of sp³-hybridized carbons (Fsp3) is 1.00. The molecule has 0 aliphatic carbocycles. The quantitative estimate of drug-likeness (QED) is 0.0833. The number of halogens is 4. The number of hydrogen-bond donors (Lipinski definition) is 5. The minimum atomic E-state index is 0. The first kappa shape index (κ1) is 46.6. The van der Waals surface area contributed by atoms with Crippen molar-refractivity contribution in [3.63, 3.8) is 0 Å². The van der Waals surface area contributed by atoms with Crippen molar-refractivity contribution in [3.05, 3.63) is 0 Å². The van der Waals surface area contributed by atoms with E-state index in [4.69, 9.17) is 0 Å². The number of likely N-dealkylation sites (N-methyl/N-ethyl adjacent to an activating group) is 4. The highest BCUT2D eigenvalue weighted by molar-refractivity contribution is 4.49. The molecule has 0 fully saturated rings. The Morgan fingerprint density at radius 3 is 0.667 bits per heavy atom. The molecule has 0 radical (unpaired) electrons. The Hall–Kier alpha value is 0.800. The van der Waals surface area contributed by atoms with E-state index in [1.807, 2.05) is 0 Å². The van der Waals surface area contributed by atoms with E-state index in [-0.39, 0.29) is 82.7 Å². The van der Waals surface area contributed by atoms with E-state index in [0.717, 1.165) is 72.2 Å². The normalized spacial score (nSPS) is 16.2. The molecular weight excluding hydrogens is 554 g/mol. The predicted molar refractivity (Wildman–Crippen MR) is 129 cm³/mol. The second-order valence-electron chi connectivity index (χ2n) is 10.8. The third kappa shape index (κ3) is 19.0. The van der Waals surface area contributed by atoms with Crippen LogP contribution in [0.25, 0.3) is 0 Å². The molecule has 9 nitrogen and oxygen atoms in total. The van der Waals surface area contributed by atoms with Crippen LogP contribution in [0.1, 0.15) is 13.3 Å². The predicted octanol–water partition coefficient (Wildman–Crippen LogP) is -13.8. The summed E-state index contributed by atoms with van der Waals surface area (Å²) in [6.07, 6.45) is 1.07. The summed E-state index contributed by atoms with van der Waals surface area (Å²) in [5.74, 6) is 0. The average Bonchev–Trinajstić information content (AvgIpc) is 2.71. The van der Waals surface area contributed by atoms with Crippen LogP contribution in [-0.4, -0.2) is 183 Å². The molecule has 0 heterocycles. The van der Waals surface area contributed by atoms with Crippen LogP contribution in [0.2, 0.25) is 0 Å². The largest absolute Gasteiger partial charge is 1.00 e. The van der Waals surface area contributed by atoms with Crippen molar-refractivity contribution in [1.82, 2.24) is 0 Å². The summed E-state index contributed by atoms with van der Waals surface area (Å²) in [5.41, 5.74) is 0. The Balaban J connectivity index is -0.000000801. The van der Waals surface area contributed by atoms with Gasteiger partial charge in [0.2, 0.25) is 0 Å². The molecule has 5 N–H and O–H groups in total. The maximum atomic E-state index is 9.74. The van der Waals surface area contributed by atoms with E-state index in [1.165, 1.54) is 0 Å². The van der Waals surface area contributed by atoms with Gasteiger partial charge in [-0.2, -0.15) is 0 Å². The van der Waals surface area contributed by atoms with Crippen LogP contribution in [0.3, 0.4) is 0 Å². The van der Waals surface area contributed by atoms with Gasteiger partial charge in [-0.25, -0.2) is 0 Å². The summed E-state index contributed by atoms with van der Waals surface area (Å²) in [6, 6.07) is 0. The topological polar surface area (TPSA) is 101 Å². The van der Waals surface area contributed by atoms with Crippen molar-refractivity contribution >= 4 is 0 Å². The number of rotatable bonds is 21. The van der Waals surface area contributed by atoms with Crippen LogP contribution >= 0.6 is 0 Å². The molecule has 0 saturated heterocycles. The molecule has 0 aromatic heterocycles. The van der Waals surface area contributed by atoms with E-state index in [1.54, 1.807) is 0 Å². The van der Waals surface area contributed by atoms with Crippen molar-refractivity contribution in [2.75, 3.05) is 140 Å². The van der Waals surface area contributed by atoms with Crippen molar-refractivity contribution in [1.29, 1.82) is 0 Å². The van der Waals surface area contributed by atoms with Crippen LogP contribution in [0.15, 0.2) is 0 Å². The summed E-state index contributed by atoms with van der Waals surface area (Å²) >= 11 is 0. The summed E-state index contributed by atoms with van der Waals surface area (Å²) in [6.45, 7) is 12.5. The van der Waals surface area contributed by atoms with Gasteiger partial charge in [-0.1, -0.05) is 6.92 Å². The first-order chi connectivity index (χ1) is 15.0. The molecule has 36 heavy (non-hydrogen) atoms. The van der Waals surface area contributed by atoms with Crippen molar-refractivity contribution in [2.24, 2.45) is 0 Å². The van der Waals surface area contributed by atoms with Gasteiger partial charge in [-0.3, -0.25) is 0 Å². The van der Waals surface area contributed by atoms with E-state index in [2.05, 4.69) is 35.1 Å². The molecule has 0 aliphatic rings. The van der Waals surface area contributed by atoms with Gasteiger partial charge in [0, 0.05) is 0 Å². The molecule has 0 saturated carbocycles. The fourth-order valence-electron chi connectivity index (χ4n) is 4.54. The van der Waals surface area contributed by atoms with E-state index >= 15 is 0 Å². The molecule has 0 aromatic rings. The number of nitrogens with zero attached hydrogens (tertiary/aromatic N) is 4.